The van der Waals surface area contributed by atoms with Crippen LogP contribution in [0.25, 0.3) is 10.9 Å². The number of halogens is 1. The maximum absolute atomic E-state index is 13.3. The first-order chi connectivity index (χ1) is 10.5. The zero-order valence-corrected chi connectivity index (χ0v) is 12.4. The van der Waals surface area contributed by atoms with Gasteiger partial charge in [-0.1, -0.05) is 0 Å². The number of amides is 1. The van der Waals surface area contributed by atoms with E-state index in [9.17, 15) is 9.18 Å². The second kappa shape index (κ2) is 5.33. The Hall–Kier alpha value is -2.56. The van der Waals surface area contributed by atoms with Crippen molar-refractivity contribution in [2.24, 2.45) is 0 Å². The molecule has 0 saturated carbocycles. The van der Waals surface area contributed by atoms with Crippen molar-refractivity contribution in [1.29, 1.82) is 0 Å². The van der Waals surface area contributed by atoms with Crippen LogP contribution in [-0.2, 0) is 16.8 Å². The summed E-state index contributed by atoms with van der Waals surface area (Å²) in [7, 11) is 0. The first-order valence-corrected chi connectivity index (χ1v) is 7.06. The standard InChI is InChI=1S/C17H17FN2O2/c1-17(2,16(21)20-9-12-4-3-7-22-12)14-10-19-15-8-11(18)5-6-13(14)15/h3-8,10,19H,9H2,1-2H3,(H,20,21). The Morgan fingerprint density at radius 2 is 2.18 bits per heavy atom. The summed E-state index contributed by atoms with van der Waals surface area (Å²) in [4.78, 5) is 15.5. The topological polar surface area (TPSA) is 58.0 Å². The number of hydrogen-bond donors (Lipinski definition) is 2. The van der Waals surface area contributed by atoms with Gasteiger partial charge in [-0.15, -0.1) is 0 Å². The first-order valence-electron chi connectivity index (χ1n) is 7.06. The van der Waals surface area contributed by atoms with Crippen LogP contribution in [0.2, 0.25) is 0 Å². The Labute approximate surface area is 127 Å². The Balaban J connectivity index is 1.85. The molecule has 114 valence electrons. The van der Waals surface area contributed by atoms with Crippen LogP contribution in [-0.4, -0.2) is 10.9 Å². The molecule has 3 aromatic rings. The third-order valence-corrected chi connectivity index (χ3v) is 3.89. The number of nitrogens with one attached hydrogen (secondary N) is 2. The zero-order chi connectivity index (χ0) is 15.7. The number of carbonyl (C=O) groups excluding carboxylic acids is 1. The summed E-state index contributed by atoms with van der Waals surface area (Å²) in [6.07, 6.45) is 3.33. The van der Waals surface area contributed by atoms with Gasteiger partial charge in [0, 0.05) is 17.1 Å². The maximum Gasteiger partial charge on any atom is 0.230 e. The molecule has 1 amide bonds. The van der Waals surface area contributed by atoms with Crippen LogP contribution < -0.4 is 5.32 Å². The largest absolute Gasteiger partial charge is 0.467 e. The minimum absolute atomic E-state index is 0.117. The van der Waals surface area contributed by atoms with Crippen molar-refractivity contribution in [3.8, 4) is 0 Å². The van der Waals surface area contributed by atoms with Crippen molar-refractivity contribution in [3.05, 3.63) is 59.9 Å². The van der Waals surface area contributed by atoms with E-state index in [0.717, 1.165) is 10.9 Å². The summed E-state index contributed by atoms with van der Waals surface area (Å²) in [5.74, 6) is 0.278. The smallest absolute Gasteiger partial charge is 0.230 e. The van der Waals surface area contributed by atoms with E-state index >= 15 is 0 Å². The number of rotatable bonds is 4. The number of benzene rings is 1. The summed E-state index contributed by atoms with van der Waals surface area (Å²) >= 11 is 0. The molecule has 0 unspecified atom stereocenters. The fourth-order valence-corrected chi connectivity index (χ4v) is 2.54. The van der Waals surface area contributed by atoms with Gasteiger partial charge in [0.15, 0.2) is 0 Å². The van der Waals surface area contributed by atoms with Crippen LogP contribution in [0.15, 0.2) is 47.2 Å². The lowest BCUT2D eigenvalue weighted by atomic mass is 9.83. The molecule has 0 saturated heterocycles. The number of furan rings is 1. The van der Waals surface area contributed by atoms with Crippen LogP contribution in [0.4, 0.5) is 4.39 Å². The second-order valence-electron chi connectivity index (χ2n) is 5.78. The van der Waals surface area contributed by atoms with Crippen molar-refractivity contribution in [2.75, 3.05) is 0 Å². The predicted molar refractivity (Wildman–Crippen MR) is 81.8 cm³/mol. The van der Waals surface area contributed by atoms with Gasteiger partial charge in [-0.3, -0.25) is 4.79 Å². The number of hydrogen-bond acceptors (Lipinski definition) is 2. The molecule has 0 aliphatic heterocycles. The fraction of sp³-hybridized carbons (Fsp3) is 0.235. The van der Waals surface area contributed by atoms with Crippen molar-refractivity contribution in [2.45, 2.75) is 25.8 Å². The molecule has 5 heteroatoms. The third-order valence-electron chi connectivity index (χ3n) is 3.89. The number of carbonyl (C=O) groups is 1. The van der Waals surface area contributed by atoms with E-state index in [4.69, 9.17) is 4.42 Å². The molecule has 0 aliphatic rings. The van der Waals surface area contributed by atoms with Crippen molar-refractivity contribution in [3.63, 3.8) is 0 Å². The number of aromatic amines is 1. The minimum atomic E-state index is -0.747. The van der Waals surface area contributed by atoms with Crippen molar-refractivity contribution in [1.82, 2.24) is 10.3 Å². The summed E-state index contributed by atoms with van der Waals surface area (Å²) in [5, 5.41) is 3.72. The number of aromatic nitrogens is 1. The molecule has 0 spiro atoms. The molecular formula is C17H17FN2O2. The Bertz CT molecular complexity index is 803. The number of H-pyrrole nitrogens is 1. The van der Waals surface area contributed by atoms with Gasteiger partial charge in [-0.25, -0.2) is 4.39 Å². The Kier molecular flexibility index (Phi) is 3.48. The highest BCUT2D eigenvalue weighted by Crippen LogP contribution is 2.31. The zero-order valence-electron chi connectivity index (χ0n) is 12.4. The lowest BCUT2D eigenvalue weighted by molar-refractivity contribution is -0.125. The summed E-state index contributed by atoms with van der Waals surface area (Å²) in [5.41, 5.74) is 0.768. The van der Waals surface area contributed by atoms with Crippen LogP contribution >= 0.6 is 0 Å². The molecule has 2 aromatic heterocycles. The maximum atomic E-state index is 13.3. The average molecular weight is 300 g/mol. The van der Waals surface area contributed by atoms with Crippen LogP contribution in [0.1, 0.15) is 25.2 Å². The van der Waals surface area contributed by atoms with Crippen LogP contribution in [0.3, 0.4) is 0 Å². The van der Waals surface area contributed by atoms with Gasteiger partial charge < -0.3 is 14.7 Å². The quantitative estimate of drug-likeness (QED) is 0.775. The summed E-state index contributed by atoms with van der Waals surface area (Å²) in [6, 6.07) is 8.10. The van der Waals surface area contributed by atoms with Crippen molar-refractivity contribution >= 4 is 16.8 Å². The van der Waals surface area contributed by atoms with Gasteiger partial charge in [-0.05, 0) is 49.7 Å². The van der Waals surface area contributed by atoms with Gasteiger partial charge in [0.1, 0.15) is 11.6 Å². The molecule has 2 N–H and O–H groups in total. The molecule has 0 aliphatic carbocycles. The first kappa shape index (κ1) is 14.4. The molecule has 0 atom stereocenters. The molecule has 0 radical (unpaired) electrons. The third kappa shape index (κ3) is 2.50. The van der Waals surface area contributed by atoms with Gasteiger partial charge in [0.2, 0.25) is 5.91 Å². The SMILES string of the molecule is CC(C)(C(=O)NCc1ccco1)c1c[nH]c2cc(F)ccc12. The molecule has 22 heavy (non-hydrogen) atoms. The molecular weight excluding hydrogens is 283 g/mol. The molecule has 0 fully saturated rings. The molecule has 1 aromatic carbocycles. The van der Waals surface area contributed by atoms with Gasteiger partial charge in [0.05, 0.1) is 18.2 Å². The number of fused-ring (bicyclic) bond motifs is 1. The monoisotopic (exact) mass is 300 g/mol. The van der Waals surface area contributed by atoms with E-state index in [1.165, 1.54) is 12.1 Å². The lowest BCUT2D eigenvalue weighted by Gasteiger charge is -2.23. The summed E-state index contributed by atoms with van der Waals surface area (Å²) < 4.78 is 18.5. The van der Waals surface area contributed by atoms with Crippen LogP contribution in [0.5, 0.6) is 0 Å². The summed E-state index contributed by atoms with van der Waals surface area (Å²) in [6.45, 7) is 4.03. The molecule has 0 bridgehead atoms. The van der Waals surface area contributed by atoms with E-state index in [1.807, 2.05) is 19.9 Å². The van der Waals surface area contributed by atoms with E-state index in [0.29, 0.717) is 17.8 Å². The van der Waals surface area contributed by atoms with Gasteiger partial charge >= 0.3 is 0 Å². The Morgan fingerprint density at radius 1 is 1.36 bits per heavy atom. The van der Waals surface area contributed by atoms with E-state index in [-0.39, 0.29) is 11.7 Å². The minimum Gasteiger partial charge on any atom is -0.467 e. The van der Waals surface area contributed by atoms with E-state index < -0.39 is 5.41 Å². The highest BCUT2D eigenvalue weighted by Gasteiger charge is 2.32. The van der Waals surface area contributed by atoms with E-state index in [1.54, 1.807) is 24.6 Å². The normalized spacial score (nSPS) is 11.8. The Morgan fingerprint density at radius 3 is 2.91 bits per heavy atom. The molecule has 3 rings (SSSR count). The van der Waals surface area contributed by atoms with Gasteiger partial charge in [-0.2, -0.15) is 0 Å². The van der Waals surface area contributed by atoms with Gasteiger partial charge in [0.25, 0.3) is 0 Å². The lowest BCUT2D eigenvalue weighted by Crippen LogP contribution is -2.39. The predicted octanol–water partition coefficient (Wildman–Crippen LogP) is 3.49. The molecule has 2 heterocycles. The van der Waals surface area contributed by atoms with E-state index in [2.05, 4.69) is 10.3 Å². The fourth-order valence-electron chi connectivity index (χ4n) is 2.54. The van der Waals surface area contributed by atoms with Crippen molar-refractivity contribution < 1.29 is 13.6 Å². The second-order valence-corrected chi connectivity index (χ2v) is 5.78. The highest BCUT2D eigenvalue weighted by molar-refractivity contribution is 5.94. The average Bonchev–Trinajstić information content (AvgIpc) is 3.13. The molecule has 4 nitrogen and oxygen atoms in total. The van der Waals surface area contributed by atoms with Crippen LogP contribution in [0, 0.1) is 5.82 Å². The highest BCUT2D eigenvalue weighted by atomic mass is 19.1.